The summed E-state index contributed by atoms with van der Waals surface area (Å²) in [5.41, 5.74) is 0. The maximum atomic E-state index is 11.8. The first-order chi connectivity index (χ1) is 13.8. The van der Waals surface area contributed by atoms with Gasteiger partial charge in [-0.1, -0.05) is 66.2 Å². The summed E-state index contributed by atoms with van der Waals surface area (Å²) in [6.07, 6.45) is 4.90. The average Bonchev–Trinajstić information content (AvgIpc) is 2.57. The molecule has 0 heterocycles. The van der Waals surface area contributed by atoms with Crippen molar-refractivity contribution in [3.8, 4) is 0 Å². The van der Waals surface area contributed by atoms with Gasteiger partial charge in [-0.2, -0.15) is 16.8 Å². The van der Waals surface area contributed by atoms with Gasteiger partial charge < -0.3 is 9.79 Å². The molecule has 0 fully saturated rings. The summed E-state index contributed by atoms with van der Waals surface area (Å²) in [7, 11) is -8.02. The Balaban J connectivity index is -0.00000420. The number of hydrogen-bond donors (Lipinski definition) is 0. The second-order valence-corrected chi connectivity index (χ2v) is 11.8. The summed E-state index contributed by atoms with van der Waals surface area (Å²) >= 11 is 0. The molecule has 0 aliphatic carbocycles. The first-order valence-corrected chi connectivity index (χ1v) is 13.9. The number of unbranched alkanes of at least 4 members (excludes halogenated alkanes) is 4. The van der Waals surface area contributed by atoms with Crippen molar-refractivity contribution < 1.29 is 65.8 Å². The molecule has 0 aliphatic heterocycles. The van der Waals surface area contributed by atoms with E-state index in [4.69, 9.17) is 0 Å². The number of rotatable bonds is 17. The molecule has 8 nitrogen and oxygen atoms in total. The average molecular weight is 495 g/mol. The smallest absolute Gasteiger partial charge is 1.00 e. The number of hydrogen-bond acceptors (Lipinski definition) is 8. The Morgan fingerprint density at radius 2 is 0.968 bits per heavy atom. The van der Waals surface area contributed by atoms with E-state index in [2.05, 4.69) is 36.1 Å². The molecule has 180 valence electrons. The van der Waals surface area contributed by atoms with Gasteiger partial charge in [-0.15, -0.1) is 0 Å². The molecule has 0 saturated heterocycles. The molecule has 31 heavy (non-hydrogen) atoms. The molecule has 0 aromatic rings. The van der Waals surface area contributed by atoms with E-state index in [1.807, 2.05) is 0 Å². The van der Waals surface area contributed by atoms with Gasteiger partial charge in [0.2, 0.25) is 0 Å². The van der Waals surface area contributed by atoms with E-state index >= 15 is 0 Å². The minimum Gasteiger partial charge on any atom is -1.00 e. The third kappa shape index (κ3) is 21.4. The van der Waals surface area contributed by atoms with Crippen LogP contribution in [0.15, 0.2) is 0 Å². The fraction of sp³-hybridized carbons (Fsp3) is 0.900. The Bertz CT molecular complexity index is 660. The van der Waals surface area contributed by atoms with Crippen LogP contribution in [0, 0.1) is 11.8 Å². The molecule has 0 saturated carbocycles. The van der Waals surface area contributed by atoms with Crippen LogP contribution in [0.1, 0.15) is 93.3 Å². The van der Waals surface area contributed by atoms with E-state index in [0.717, 1.165) is 38.5 Å². The van der Waals surface area contributed by atoms with Crippen LogP contribution in [-0.4, -0.2) is 40.3 Å². The molecule has 0 amide bonds. The van der Waals surface area contributed by atoms with Crippen molar-refractivity contribution in [1.82, 2.24) is 0 Å². The minimum absolute atomic E-state index is 0. The van der Waals surface area contributed by atoms with Crippen LogP contribution < -0.4 is 29.6 Å². The van der Waals surface area contributed by atoms with Crippen molar-refractivity contribution in [1.29, 1.82) is 0 Å². The van der Waals surface area contributed by atoms with Crippen molar-refractivity contribution in [2.24, 2.45) is 11.8 Å². The molecule has 0 unspecified atom stereocenters. The molecular weight excluding hydrogens is 455 g/mol. The molecule has 0 rings (SSSR count). The first-order valence-electron chi connectivity index (χ1n) is 10.7. The fourth-order valence-electron chi connectivity index (χ4n) is 2.67. The van der Waals surface area contributed by atoms with Gasteiger partial charge in [0.05, 0.1) is 24.3 Å². The van der Waals surface area contributed by atoms with Crippen LogP contribution in [0.5, 0.6) is 0 Å². The van der Waals surface area contributed by atoms with Crippen LogP contribution in [0.2, 0.25) is 0 Å². The Hall–Kier alpha value is -0.160. The van der Waals surface area contributed by atoms with E-state index in [1.54, 1.807) is 0 Å². The fourth-order valence-corrected chi connectivity index (χ4v) is 4.69. The first kappa shape index (κ1) is 33.0. The monoisotopic (exact) mass is 494 g/mol. The van der Waals surface area contributed by atoms with E-state index in [9.17, 15) is 26.4 Å². The maximum Gasteiger partial charge on any atom is 1.00 e. The van der Waals surface area contributed by atoms with Crippen molar-refractivity contribution in [3.05, 3.63) is 0 Å². The molecule has 0 aromatic carbocycles. The standard InChI is InChI=1S/C20H38O8S2.Na.H/c1-17(2)11-7-5-9-15-29(23,24)27-19(21)13-14-20(22)28-30(25,26)16-10-6-8-12-18(3)4;;/h17-18H,5-16H2,1-4H3;;/q;+1;-1. The second-order valence-electron chi connectivity index (χ2n) is 8.42. The Labute approximate surface area is 212 Å². The zero-order valence-corrected chi connectivity index (χ0v) is 23.4. The third-order valence-electron chi connectivity index (χ3n) is 4.32. The summed E-state index contributed by atoms with van der Waals surface area (Å²) in [5.74, 6) is -1.64. The SMILES string of the molecule is CC(C)CCCCCS(=O)(=O)OC(=O)CCC(=O)OS(=O)(=O)CCCCCC(C)C.[H-].[Na+]. The Morgan fingerprint density at radius 3 is 1.26 bits per heavy atom. The largest absolute Gasteiger partial charge is 1.00 e. The second kappa shape index (κ2) is 17.3. The van der Waals surface area contributed by atoms with E-state index in [0.29, 0.717) is 24.7 Å². The zero-order valence-electron chi connectivity index (χ0n) is 20.7. The number of carbonyl (C=O) groups is 2. The normalized spacial score (nSPS) is 11.9. The summed E-state index contributed by atoms with van der Waals surface area (Å²) < 4.78 is 55.9. The predicted molar refractivity (Wildman–Crippen MR) is 117 cm³/mol. The molecule has 0 radical (unpaired) electrons. The summed E-state index contributed by atoms with van der Waals surface area (Å²) in [6.45, 7) is 8.34. The van der Waals surface area contributed by atoms with Crippen molar-refractivity contribution in [2.45, 2.75) is 91.9 Å². The van der Waals surface area contributed by atoms with Crippen LogP contribution in [-0.2, 0) is 38.2 Å². The topological polar surface area (TPSA) is 121 Å². The van der Waals surface area contributed by atoms with E-state index in [1.165, 1.54) is 0 Å². The number of carbonyl (C=O) groups excluding carboxylic acids is 2. The van der Waals surface area contributed by atoms with E-state index < -0.39 is 45.0 Å². The quantitative estimate of drug-likeness (QED) is 0.167. The van der Waals surface area contributed by atoms with Gasteiger partial charge in [-0.25, -0.2) is 0 Å². The molecule has 0 atom stereocenters. The summed E-state index contributed by atoms with van der Waals surface area (Å²) in [6, 6.07) is 0. The van der Waals surface area contributed by atoms with Crippen molar-refractivity contribution in [3.63, 3.8) is 0 Å². The van der Waals surface area contributed by atoms with Gasteiger partial charge >= 0.3 is 61.7 Å². The van der Waals surface area contributed by atoms with Crippen LogP contribution >= 0.6 is 0 Å². The summed E-state index contributed by atoms with van der Waals surface area (Å²) in [5, 5.41) is 0. The van der Waals surface area contributed by atoms with Gasteiger partial charge in [0.25, 0.3) is 0 Å². The third-order valence-corrected chi connectivity index (χ3v) is 6.78. The Kier molecular flexibility index (Phi) is 18.5. The van der Waals surface area contributed by atoms with Gasteiger partial charge in [-0.3, -0.25) is 9.59 Å². The van der Waals surface area contributed by atoms with Crippen molar-refractivity contribution >= 4 is 32.2 Å². The Morgan fingerprint density at radius 1 is 0.645 bits per heavy atom. The molecule has 0 N–H and O–H groups in total. The maximum absolute atomic E-state index is 11.8. The van der Waals surface area contributed by atoms with Gasteiger partial charge in [0.1, 0.15) is 0 Å². The van der Waals surface area contributed by atoms with Crippen LogP contribution in [0.3, 0.4) is 0 Å². The molecule has 0 spiro atoms. The molecule has 0 bridgehead atoms. The van der Waals surface area contributed by atoms with Gasteiger partial charge in [-0.05, 0) is 24.7 Å². The predicted octanol–water partition coefficient (Wildman–Crippen LogP) is 1.06. The molecule has 0 aromatic heterocycles. The molecular formula is C20H39NaO8S2. The summed E-state index contributed by atoms with van der Waals surface area (Å²) in [4.78, 5) is 23.3. The molecule has 0 aliphatic rings. The molecule has 11 heteroatoms. The van der Waals surface area contributed by atoms with E-state index in [-0.39, 0.29) is 42.5 Å². The van der Waals surface area contributed by atoms with Crippen LogP contribution in [0.25, 0.3) is 0 Å². The van der Waals surface area contributed by atoms with Crippen molar-refractivity contribution in [2.75, 3.05) is 11.5 Å². The van der Waals surface area contributed by atoms with Gasteiger partial charge in [0.15, 0.2) is 0 Å². The zero-order chi connectivity index (χ0) is 23.2. The van der Waals surface area contributed by atoms with Gasteiger partial charge in [0, 0.05) is 0 Å². The minimum atomic E-state index is -4.01. The van der Waals surface area contributed by atoms with Crippen LogP contribution in [0.4, 0.5) is 0 Å².